The highest BCUT2D eigenvalue weighted by atomic mass is 16.3. The molecule has 0 aliphatic rings. The number of hydrogen-bond donors (Lipinski definition) is 1. The molecule has 0 aromatic heterocycles. The lowest BCUT2D eigenvalue weighted by Crippen LogP contribution is -2.19. The highest BCUT2D eigenvalue weighted by Crippen LogP contribution is 2.29. The number of phenolic OH excluding ortho intramolecular Hbond substituents is 1. The van der Waals surface area contributed by atoms with E-state index in [1.54, 1.807) is 12.1 Å². The minimum Gasteiger partial charge on any atom is -0.508 e. The lowest BCUT2D eigenvalue weighted by Gasteiger charge is -2.21. The van der Waals surface area contributed by atoms with E-state index in [2.05, 4.69) is 13.0 Å². The third-order valence-electron chi connectivity index (χ3n) is 2.78. The van der Waals surface area contributed by atoms with Gasteiger partial charge >= 0.3 is 0 Å². The van der Waals surface area contributed by atoms with Gasteiger partial charge in [0.2, 0.25) is 0 Å². The van der Waals surface area contributed by atoms with Gasteiger partial charge in [0.15, 0.2) is 0 Å². The average molecular weight is 203 g/mol. The summed E-state index contributed by atoms with van der Waals surface area (Å²) in [5.41, 5.74) is 0.556. The number of benzene rings is 1. The summed E-state index contributed by atoms with van der Waals surface area (Å²) in [6.07, 6.45) is 3.01. The molecule has 0 fully saturated rings. The van der Waals surface area contributed by atoms with Crippen molar-refractivity contribution in [1.82, 2.24) is 0 Å². The summed E-state index contributed by atoms with van der Waals surface area (Å²) in [6.45, 7) is 4.07. The Kier molecular flexibility index (Phi) is 3.74. The molecule has 1 atom stereocenters. The fraction of sp³-hybridized carbons (Fsp3) is 0.462. The van der Waals surface area contributed by atoms with E-state index in [1.807, 2.05) is 19.1 Å². The van der Waals surface area contributed by atoms with Gasteiger partial charge in [-0.25, -0.2) is 0 Å². The lowest BCUT2D eigenvalue weighted by molar-refractivity contribution is 0.473. The van der Waals surface area contributed by atoms with Crippen LogP contribution in [-0.2, 0) is 5.41 Å². The van der Waals surface area contributed by atoms with Gasteiger partial charge in [-0.15, -0.1) is 0 Å². The first kappa shape index (κ1) is 11.6. The Hall–Kier alpha value is -1.49. The molecule has 0 saturated heterocycles. The smallest absolute Gasteiger partial charge is 0.115 e. The van der Waals surface area contributed by atoms with E-state index in [4.69, 9.17) is 0 Å². The summed E-state index contributed by atoms with van der Waals surface area (Å²) in [5, 5.41) is 18.4. The molecule has 0 aliphatic heterocycles. The largest absolute Gasteiger partial charge is 0.508 e. The molecule has 1 aromatic rings. The molecule has 2 heteroatoms. The molecule has 1 unspecified atom stereocenters. The zero-order valence-corrected chi connectivity index (χ0v) is 9.33. The zero-order chi connectivity index (χ0) is 11.3. The van der Waals surface area contributed by atoms with Gasteiger partial charge in [0.1, 0.15) is 5.75 Å². The maximum absolute atomic E-state index is 9.22. The molecule has 0 bridgehead atoms. The van der Waals surface area contributed by atoms with Crippen molar-refractivity contribution >= 4 is 0 Å². The fourth-order valence-electron chi connectivity index (χ4n) is 1.62. The predicted octanol–water partition coefficient (Wildman–Crippen LogP) is 3.36. The third kappa shape index (κ3) is 2.73. The summed E-state index contributed by atoms with van der Waals surface area (Å²) in [4.78, 5) is 0. The Morgan fingerprint density at radius 3 is 2.40 bits per heavy atom. The first-order valence-electron chi connectivity index (χ1n) is 5.33. The molecule has 0 saturated carbocycles. The SMILES string of the molecule is CCCCC(C)(C#N)c1ccc(O)cc1. The quantitative estimate of drug-likeness (QED) is 0.815. The predicted molar refractivity (Wildman–Crippen MR) is 60.6 cm³/mol. The molecular weight excluding hydrogens is 186 g/mol. The van der Waals surface area contributed by atoms with E-state index < -0.39 is 5.41 Å². The Morgan fingerprint density at radius 1 is 1.33 bits per heavy atom. The van der Waals surface area contributed by atoms with Gasteiger partial charge in [0.25, 0.3) is 0 Å². The van der Waals surface area contributed by atoms with Gasteiger partial charge in [0, 0.05) is 0 Å². The number of nitrogens with zero attached hydrogens (tertiary/aromatic N) is 1. The highest BCUT2D eigenvalue weighted by molar-refractivity contribution is 5.35. The molecule has 0 spiro atoms. The van der Waals surface area contributed by atoms with Crippen molar-refractivity contribution in [2.75, 3.05) is 0 Å². The third-order valence-corrected chi connectivity index (χ3v) is 2.78. The number of nitriles is 1. The van der Waals surface area contributed by atoms with Crippen molar-refractivity contribution in [1.29, 1.82) is 5.26 Å². The normalized spacial score (nSPS) is 14.2. The van der Waals surface area contributed by atoms with Crippen LogP contribution in [0.5, 0.6) is 5.75 Å². The second-order valence-corrected chi connectivity index (χ2v) is 4.09. The Morgan fingerprint density at radius 2 is 1.93 bits per heavy atom. The number of phenols is 1. The van der Waals surface area contributed by atoms with Crippen LogP contribution in [0.15, 0.2) is 24.3 Å². The molecule has 1 aromatic carbocycles. The summed E-state index contributed by atoms with van der Waals surface area (Å²) >= 11 is 0. The molecule has 2 nitrogen and oxygen atoms in total. The average Bonchev–Trinajstić information content (AvgIpc) is 2.27. The van der Waals surface area contributed by atoms with Crippen molar-refractivity contribution in [3.8, 4) is 11.8 Å². The molecule has 80 valence electrons. The van der Waals surface area contributed by atoms with Crippen LogP contribution < -0.4 is 0 Å². The zero-order valence-electron chi connectivity index (χ0n) is 9.33. The van der Waals surface area contributed by atoms with Crippen molar-refractivity contribution in [3.05, 3.63) is 29.8 Å². The molecule has 15 heavy (non-hydrogen) atoms. The molecule has 1 N–H and O–H groups in total. The minimum absolute atomic E-state index is 0.245. The van der Waals surface area contributed by atoms with Crippen LogP contribution in [0.4, 0.5) is 0 Å². The topological polar surface area (TPSA) is 44.0 Å². The Balaban J connectivity index is 2.91. The molecule has 1 rings (SSSR count). The van der Waals surface area contributed by atoms with Gasteiger partial charge in [-0.1, -0.05) is 31.9 Å². The Bertz CT molecular complexity index is 350. The Labute approximate surface area is 91.2 Å². The maximum atomic E-state index is 9.22. The van der Waals surface area contributed by atoms with Crippen LogP contribution in [0.25, 0.3) is 0 Å². The van der Waals surface area contributed by atoms with E-state index in [0.29, 0.717) is 0 Å². The number of hydrogen-bond acceptors (Lipinski definition) is 2. The first-order valence-corrected chi connectivity index (χ1v) is 5.33. The monoisotopic (exact) mass is 203 g/mol. The standard InChI is InChI=1S/C13H17NO/c1-3-4-9-13(2,10-14)11-5-7-12(15)8-6-11/h5-8,15H,3-4,9H2,1-2H3. The van der Waals surface area contributed by atoms with E-state index in [0.717, 1.165) is 24.8 Å². The van der Waals surface area contributed by atoms with Crippen LogP contribution >= 0.6 is 0 Å². The molecule has 0 heterocycles. The highest BCUT2D eigenvalue weighted by Gasteiger charge is 2.25. The fourth-order valence-corrected chi connectivity index (χ4v) is 1.62. The molecule has 0 aliphatic carbocycles. The number of unbranched alkanes of at least 4 members (excludes halogenated alkanes) is 1. The first-order chi connectivity index (χ1) is 7.12. The lowest BCUT2D eigenvalue weighted by atomic mass is 9.79. The van der Waals surface area contributed by atoms with Gasteiger partial charge in [-0.3, -0.25) is 0 Å². The van der Waals surface area contributed by atoms with E-state index >= 15 is 0 Å². The molecular formula is C13H17NO. The number of aromatic hydroxyl groups is 1. The van der Waals surface area contributed by atoms with Gasteiger partial charge < -0.3 is 5.11 Å². The van der Waals surface area contributed by atoms with Gasteiger partial charge in [-0.2, -0.15) is 5.26 Å². The summed E-state index contributed by atoms with van der Waals surface area (Å²) in [6, 6.07) is 9.29. The van der Waals surface area contributed by atoms with Crippen LogP contribution in [0, 0.1) is 11.3 Å². The van der Waals surface area contributed by atoms with Crippen LogP contribution in [0.1, 0.15) is 38.7 Å². The maximum Gasteiger partial charge on any atom is 0.115 e. The summed E-state index contributed by atoms with van der Waals surface area (Å²) in [5.74, 6) is 0.245. The van der Waals surface area contributed by atoms with Crippen molar-refractivity contribution in [2.45, 2.75) is 38.5 Å². The number of rotatable bonds is 4. The van der Waals surface area contributed by atoms with Gasteiger partial charge in [0.05, 0.1) is 11.5 Å². The van der Waals surface area contributed by atoms with Gasteiger partial charge in [-0.05, 0) is 31.0 Å². The molecule has 0 radical (unpaired) electrons. The van der Waals surface area contributed by atoms with Crippen LogP contribution in [-0.4, -0.2) is 5.11 Å². The van der Waals surface area contributed by atoms with E-state index in [9.17, 15) is 10.4 Å². The van der Waals surface area contributed by atoms with Crippen LogP contribution in [0.3, 0.4) is 0 Å². The summed E-state index contributed by atoms with van der Waals surface area (Å²) < 4.78 is 0. The van der Waals surface area contributed by atoms with E-state index in [1.165, 1.54) is 0 Å². The molecule has 0 amide bonds. The van der Waals surface area contributed by atoms with Crippen molar-refractivity contribution in [2.24, 2.45) is 0 Å². The second-order valence-electron chi connectivity index (χ2n) is 4.09. The second kappa shape index (κ2) is 4.84. The minimum atomic E-state index is -0.427. The van der Waals surface area contributed by atoms with Crippen molar-refractivity contribution in [3.63, 3.8) is 0 Å². The van der Waals surface area contributed by atoms with Crippen molar-refractivity contribution < 1.29 is 5.11 Å². The van der Waals surface area contributed by atoms with Crippen LogP contribution in [0.2, 0.25) is 0 Å². The van der Waals surface area contributed by atoms with E-state index in [-0.39, 0.29) is 5.75 Å². The summed E-state index contributed by atoms with van der Waals surface area (Å²) in [7, 11) is 0.